The van der Waals surface area contributed by atoms with Crippen LogP contribution in [0.3, 0.4) is 0 Å². The minimum absolute atomic E-state index is 0.260. The van der Waals surface area contributed by atoms with Gasteiger partial charge in [-0.2, -0.15) is 0 Å². The van der Waals surface area contributed by atoms with Crippen molar-refractivity contribution in [1.82, 2.24) is 24.3 Å². The topological polar surface area (TPSA) is 68.0 Å². The molecular weight excluding hydrogens is 303 g/mol. The molecule has 0 fully saturated rings. The van der Waals surface area contributed by atoms with Crippen molar-refractivity contribution in [1.29, 1.82) is 0 Å². The Hall–Kier alpha value is -2.09. The fourth-order valence-corrected chi connectivity index (χ4v) is 1.85. The van der Waals surface area contributed by atoms with Gasteiger partial charge in [0.25, 0.3) is 0 Å². The van der Waals surface area contributed by atoms with Crippen molar-refractivity contribution in [3.05, 3.63) is 41.4 Å². The molecule has 0 radical (unpaired) electrons. The lowest BCUT2D eigenvalue weighted by Gasteiger charge is -2.04. The summed E-state index contributed by atoms with van der Waals surface area (Å²) in [6.45, 7) is 0. The predicted octanol–water partition coefficient (Wildman–Crippen LogP) is 2.16. The third kappa shape index (κ3) is 2.02. The molecule has 6 nitrogen and oxygen atoms in total. The van der Waals surface area contributed by atoms with Crippen molar-refractivity contribution in [2.24, 2.45) is 0 Å². The highest BCUT2D eigenvalue weighted by Crippen LogP contribution is 2.18. The highest BCUT2D eigenvalue weighted by molar-refractivity contribution is 9.10. The SMILES string of the molecule is Fc1cnc(Nc2nccn3cc(Br)nc23)nc1. The minimum Gasteiger partial charge on any atom is -0.306 e. The first-order chi connectivity index (χ1) is 8.72. The van der Waals surface area contributed by atoms with Gasteiger partial charge in [0.1, 0.15) is 4.60 Å². The lowest BCUT2D eigenvalue weighted by molar-refractivity contribution is 0.614. The predicted molar refractivity (Wildman–Crippen MR) is 66.0 cm³/mol. The molecule has 0 aliphatic heterocycles. The fraction of sp³-hybridized carbons (Fsp3) is 0. The van der Waals surface area contributed by atoms with Crippen LogP contribution in [-0.4, -0.2) is 24.3 Å². The first kappa shape index (κ1) is 11.0. The van der Waals surface area contributed by atoms with Crippen molar-refractivity contribution in [2.45, 2.75) is 0 Å². The van der Waals surface area contributed by atoms with Crippen molar-refractivity contribution in [3.63, 3.8) is 0 Å². The first-order valence-corrected chi connectivity index (χ1v) is 5.75. The fourth-order valence-electron chi connectivity index (χ4n) is 1.46. The number of anilines is 2. The van der Waals surface area contributed by atoms with Crippen molar-refractivity contribution >= 4 is 33.3 Å². The maximum absolute atomic E-state index is 12.7. The maximum atomic E-state index is 12.7. The summed E-state index contributed by atoms with van der Waals surface area (Å²) in [5.41, 5.74) is 0.623. The van der Waals surface area contributed by atoms with Crippen LogP contribution in [0.5, 0.6) is 0 Å². The number of hydrogen-bond donors (Lipinski definition) is 1. The number of halogens is 2. The number of imidazole rings is 1. The average Bonchev–Trinajstić information content (AvgIpc) is 2.73. The molecule has 0 atom stereocenters. The van der Waals surface area contributed by atoms with E-state index < -0.39 is 5.82 Å². The molecule has 0 aliphatic carbocycles. The minimum atomic E-state index is -0.490. The van der Waals surface area contributed by atoms with E-state index in [9.17, 15) is 4.39 Å². The molecule has 0 spiro atoms. The van der Waals surface area contributed by atoms with E-state index in [0.29, 0.717) is 16.1 Å². The summed E-state index contributed by atoms with van der Waals surface area (Å²) in [5, 5.41) is 2.88. The zero-order valence-electron chi connectivity index (χ0n) is 8.88. The van der Waals surface area contributed by atoms with E-state index in [1.807, 2.05) is 0 Å². The van der Waals surface area contributed by atoms with E-state index in [2.05, 4.69) is 41.2 Å². The van der Waals surface area contributed by atoms with Crippen LogP contribution in [0, 0.1) is 5.82 Å². The Labute approximate surface area is 109 Å². The molecule has 0 amide bonds. The molecule has 18 heavy (non-hydrogen) atoms. The molecule has 3 heterocycles. The van der Waals surface area contributed by atoms with Crippen LogP contribution in [0.4, 0.5) is 16.2 Å². The summed E-state index contributed by atoms with van der Waals surface area (Å²) >= 11 is 3.29. The van der Waals surface area contributed by atoms with Crippen molar-refractivity contribution in [3.8, 4) is 0 Å². The Morgan fingerprint density at radius 3 is 2.78 bits per heavy atom. The standard InChI is InChI=1S/C10H6BrFN6/c11-7-5-18-2-1-13-8(9(18)16-7)17-10-14-3-6(12)4-15-10/h1-5H,(H,13,14,15,17). The van der Waals surface area contributed by atoms with Crippen LogP contribution < -0.4 is 5.32 Å². The van der Waals surface area contributed by atoms with Gasteiger partial charge in [0.05, 0.1) is 12.4 Å². The second kappa shape index (κ2) is 4.30. The van der Waals surface area contributed by atoms with E-state index in [4.69, 9.17) is 0 Å². The summed E-state index contributed by atoms with van der Waals surface area (Å²) in [5.74, 6) is 0.265. The van der Waals surface area contributed by atoms with Crippen molar-refractivity contribution in [2.75, 3.05) is 5.32 Å². The lowest BCUT2D eigenvalue weighted by atomic mass is 10.6. The molecule has 1 N–H and O–H groups in total. The van der Waals surface area contributed by atoms with Crippen molar-refractivity contribution < 1.29 is 4.39 Å². The Bertz CT molecular complexity index is 695. The summed E-state index contributed by atoms with van der Waals surface area (Å²) in [6.07, 6.45) is 7.35. The van der Waals surface area contributed by atoms with Gasteiger partial charge in [-0.1, -0.05) is 0 Å². The number of hydrogen-bond acceptors (Lipinski definition) is 5. The molecule has 0 saturated heterocycles. The quantitative estimate of drug-likeness (QED) is 0.786. The van der Waals surface area contributed by atoms with E-state index in [0.717, 1.165) is 12.4 Å². The summed E-state index contributed by atoms with van der Waals surface area (Å²) in [6, 6.07) is 0. The molecule has 8 heteroatoms. The molecule has 0 saturated carbocycles. The smallest absolute Gasteiger partial charge is 0.228 e. The number of rotatable bonds is 2. The molecule has 0 aliphatic rings. The zero-order chi connectivity index (χ0) is 12.5. The Kier molecular flexibility index (Phi) is 2.63. The Balaban J connectivity index is 2.01. The van der Waals surface area contributed by atoms with E-state index in [1.54, 1.807) is 23.0 Å². The normalized spacial score (nSPS) is 10.8. The maximum Gasteiger partial charge on any atom is 0.228 e. The third-order valence-electron chi connectivity index (χ3n) is 2.20. The molecule has 90 valence electrons. The van der Waals surface area contributed by atoms with Crippen LogP contribution in [0.1, 0.15) is 0 Å². The number of nitrogens with zero attached hydrogens (tertiary/aromatic N) is 5. The van der Waals surface area contributed by atoms with Crippen LogP contribution in [0.2, 0.25) is 0 Å². The van der Waals surface area contributed by atoms with Crippen LogP contribution >= 0.6 is 15.9 Å². The zero-order valence-corrected chi connectivity index (χ0v) is 10.5. The molecule has 0 unspecified atom stereocenters. The lowest BCUT2D eigenvalue weighted by Crippen LogP contribution is -2.01. The van der Waals surface area contributed by atoms with Gasteiger partial charge in [0.2, 0.25) is 5.95 Å². The van der Waals surface area contributed by atoms with Gasteiger partial charge in [-0.25, -0.2) is 24.3 Å². The van der Waals surface area contributed by atoms with Gasteiger partial charge in [-0.05, 0) is 15.9 Å². The molecule has 0 bridgehead atoms. The highest BCUT2D eigenvalue weighted by atomic mass is 79.9. The number of aromatic nitrogens is 5. The molecule has 3 rings (SSSR count). The Morgan fingerprint density at radius 1 is 1.22 bits per heavy atom. The van der Waals surface area contributed by atoms with Gasteiger partial charge < -0.3 is 9.72 Å². The average molecular weight is 309 g/mol. The molecule has 3 aromatic heterocycles. The number of fused-ring (bicyclic) bond motifs is 1. The molecule has 3 aromatic rings. The van der Waals surface area contributed by atoms with E-state index in [1.165, 1.54) is 0 Å². The van der Waals surface area contributed by atoms with Crippen LogP contribution in [0.15, 0.2) is 35.6 Å². The Morgan fingerprint density at radius 2 is 2.00 bits per heavy atom. The van der Waals surface area contributed by atoms with Gasteiger partial charge in [-0.3, -0.25) is 0 Å². The number of nitrogens with one attached hydrogen (secondary N) is 1. The van der Waals surface area contributed by atoms with Crippen LogP contribution in [-0.2, 0) is 0 Å². The molecular formula is C10H6BrFN6. The van der Waals surface area contributed by atoms with Crippen LogP contribution in [0.25, 0.3) is 5.65 Å². The second-order valence-electron chi connectivity index (χ2n) is 3.42. The van der Waals surface area contributed by atoms with E-state index >= 15 is 0 Å². The summed E-state index contributed by atoms with van der Waals surface area (Å²) < 4.78 is 15.2. The first-order valence-electron chi connectivity index (χ1n) is 4.96. The largest absolute Gasteiger partial charge is 0.306 e. The molecule has 0 aromatic carbocycles. The van der Waals surface area contributed by atoms with Gasteiger partial charge in [-0.15, -0.1) is 0 Å². The highest BCUT2D eigenvalue weighted by Gasteiger charge is 2.07. The second-order valence-corrected chi connectivity index (χ2v) is 4.23. The summed E-state index contributed by atoms with van der Waals surface area (Å²) in [7, 11) is 0. The van der Waals surface area contributed by atoms with Gasteiger partial charge in [0.15, 0.2) is 17.3 Å². The van der Waals surface area contributed by atoms with Gasteiger partial charge in [0, 0.05) is 18.6 Å². The van der Waals surface area contributed by atoms with Gasteiger partial charge >= 0.3 is 0 Å². The van der Waals surface area contributed by atoms with E-state index in [-0.39, 0.29) is 5.95 Å². The monoisotopic (exact) mass is 308 g/mol. The third-order valence-corrected chi connectivity index (χ3v) is 2.58. The summed E-state index contributed by atoms with van der Waals surface area (Å²) in [4.78, 5) is 16.0.